The lowest BCUT2D eigenvalue weighted by Crippen LogP contribution is -1.98. The number of hydrogen-bond acceptors (Lipinski definition) is 2. The van der Waals surface area contributed by atoms with Gasteiger partial charge < -0.3 is 0 Å². The van der Waals surface area contributed by atoms with Crippen LogP contribution in [0.4, 0.5) is 8.78 Å². The standard InChI is InChI=1S/C8H4Cl2F2N2/c9-1-4-3-14-7(8(11)12)6(10)5(4)2-13/h3,8H,1H2. The predicted octanol–water partition coefficient (Wildman–Crippen LogP) is 3.28. The highest BCUT2D eigenvalue weighted by Gasteiger charge is 2.18. The number of nitriles is 1. The SMILES string of the molecule is N#Cc1c(CCl)cnc(C(F)F)c1Cl. The molecule has 0 saturated carbocycles. The number of alkyl halides is 3. The van der Waals surface area contributed by atoms with E-state index >= 15 is 0 Å². The summed E-state index contributed by atoms with van der Waals surface area (Å²) in [5.41, 5.74) is -0.271. The van der Waals surface area contributed by atoms with Crippen LogP contribution in [0.25, 0.3) is 0 Å². The lowest BCUT2D eigenvalue weighted by atomic mass is 10.1. The van der Waals surface area contributed by atoms with E-state index in [9.17, 15) is 8.78 Å². The van der Waals surface area contributed by atoms with Crippen molar-refractivity contribution in [1.82, 2.24) is 4.98 Å². The number of halogens is 4. The second-order valence-electron chi connectivity index (χ2n) is 2.40. The summed E-state index contributed by atoms with van der Waals surface area (Å²) < 4.78 is 24.6. The summed E-state index contributed by atoms with van der Waals surface area (Å²) in [6.07, 6.45) is -1.65. The third kappa shape index (κ3) is 1.94. The Morgan fingerprint density at radius 3 is 2.64 bits per heavy atom. The molecule has 0 saturated heterocycles. The second-order valence-corrected chi connectivity index (χ2v) is 3.05. The average Bonchev–Trinajstić information content (AvgIpc) is 2.16. The first-order chi connectivity index (χ1) is 6.61. The lowest BCUT2D eigenvalue weighted by molar-refractivity contribution is 0.146. The van der Waals surface area contributed by atoms with Crippen LogP contribution in [0.2, 0.25) is 5.02 Å². The Hall–Kier alpha value is -0.920. The van der Waals surface area contributed by atoms with Gasteiger partial charge in [0.2, 0.25) is 0 Å². The van der Waals surface area contributed by atoms with Crippen molar-refractivity contribution in [3.63, 3.8) is 0 Å². The van der Waals surface area contributed by atoms with Crippen molar-refractivity contribution in [2.24, 2.45) is 0 Å². The van der Waals surface area contributed by atoms with Crippen LogP contribution >= 0.6 is 23.2 Å². The Bertz CT molecular complexity index is 388. The molecular weight excluding hydrogens is 233 g/mol. The summed E-state index contributed by atoms with van der Waals surface area (Å²) in [6, 6.07) is 1.72. The Balaban J connectivity index is 3.37. The minimum absolute atomic E-state index is 0.0130. The van der Waals surface area contributed by atoms with Crippen LogP contribution in [-0.2, 0) is 5.88 Å². The third-order valence-electron chi connectivity index (χ3n) is 1.59. The molecule has 0 atom stereocenters. The van der Waals surface area contributed by atoms with Crippen LogP contribution in [0, 0.1) is 11.3 Å². The predicted molar refractivity (Wildman–Crippen MR) is 48.5 cm³/mol. The van der Waals surface area contributed by atoms with Crippen molar-refractivity contribution in [2.75, 3.05) is 0 Å². The number of hydrogen-bond donors (Lipinski definition) is 0. The van der Waals surface area contributed by atoms with Gasteiger partial charge in [0.05, 0.1) is 16.5 Å². The van der Waals surface area contributed by atoms with Crippen molar-refractivity contribution in [3.05, 3.63) is 28.0 Å². The van der Waals surface area contributed by atoms with Crippen molar-refractivity contribution in [3.8, 4) is 6.07 Å². The molecule has 0 aliphatic heterocycles. The van der Waals surface area contributed by atoms with Gasteiger partial charge in [-0.3, -0.25) is 4.98 Å². The molecule has 0 spiro atoms. The molecule has 0 aliphatic rings. The molecule has 0 aromatic carbocycles. The number of pyridine rings is 1. The monoisotopic (exact) mass is 236 g/mol. The van der Waals surface area contributed by atoms with Crippen molar-refractivity contribution >= 4 is 23.2 Å². The van der Waals surface area contributed by atoms with E-state index in [1.165, 1.54) is 0 Å². The van der Waals surface area contributed by atoms with E-state index in [0.717, 1.165) is 6.20 Å². The molecule has 0 bridgehead atoms. The van der Waals surface area contributed by atoms with Crippen molar-refractivity contribution < 1.29 is 8.78 Å². The minimum atomic E-state index is -2.79. The minimum Gasteiger partial charge on any atom is -0.253 e. The largest absolute Gasteiger partial charge is 0.281 e. The highest BCUT2D eigenvalue weighted by Crippen LogP contribution is 2.29. The second kappa shape index (κ2) is 4.54. The normalized spacial score (nSPS) is 10.3. The van der Waals surface area contributed by atoms with Gasteiger partial charge in [-0.15, -0.1) is 11.6 Å². The Kier molecular flexibility index (Phi) is 3.62. The molecule has 14 heavy (non-hydrogen) atoms. The van der Waals surface area contributed by atoms with Gasteiger partial charge in [0.25, 0.3) is 6.43 Å². The summed E-state index contributed by atoms with van der Waals surface area (Å²) in [5.74, 6) is 0.0130. The Morgan fingerprint density at radius 1 is 1.57 bits per heavy atom. The van der Waals surface area contributed by atoms with Crippen molar-refractivity contribution in [1.29, 1.82) is 5.26 Å². The van der Waals surface area contributed by atoms with E-state index in [4.69, 9.17) is 28.5 Å². The Morgan fingerprint density at radius 2 is 2.21 bits per heavy atom. The molecule has 1 rings (SSSR count). The van der Waals surface area contributed by atoms with Crippen LogP contribution in [-0.4, -0.2) is 4.98 Å². The summed E-state index contributed by atoms with van der Waals surface area (Å²) >= 11 is 11.0. The van der Waals surface area contributed by atoms with E-state index < -0.39 is 12.1 Å². The highest BCUT2D eigenvalue weighted by molar-refractivity contribution is 6.32. The lowest BCUT2D eigenvalue weighted by Gasteiger charge is -2.06. The van der Waals surface area contributed by atoms with E-state index in [1.54, 1.807) is 6.07 Å². The van der Waals surface area contributed by atoms with E-state index in [-0.39, 0.29) is 16.5 Å². The van der Waals surface area contributed by atoms with Crippen LogP contribution in [0.3, 0.4) is 0 Å². The van der Waals surface area contributed by atoms with E-state index in [2.05, 4.69) is 4.98 Å². The summed E-state index contributed by atoms with van der Waals surface area (Å²) in [7, 11) is 0. The molecular formula is C8H4Cl2F2N2. The number of nitrogens with zero attached hydrogens (tertiary/aromatic N) is 2. The van der Waals surface area contributed by atoms with Crippen LogP contribution in [0.5, 0.6) is 0 Å². The molecule has 0 unspecified atom stereocenters. The van der Waals surface area contributed by atoms with Gasteiger partial charge in [-0.2, -0.15) is 5.26 Å². The molecule has 0 amide bonds. The molecule has 0 aliphatic carbocycles. The van der Waals surface area contributed by atoms with E-state index in [1.807, 2.05) is 0 Å². The summed E-state index contributed by atoms with van der Waals surface area (Å²) in [6.45, 7) is 0. The molecule has 2 nitrogen and oxygen atoms in total. The van der Waals surface area contributed by atoms with Crippen LogP contribution < -0.4 is 0 Å². The van der Waals surface area contributed by atoms with Crippen LogP contribution in [0.1, 0.15) is 23.2 Å². The van der Waals surface area contributed by atoms with Gasteiger partial charge in [-0.05, 0) is 0 Å². The number of aromatic nitrogens is 1. The molecule has 0 fully saturated rings. The zero-order valence-corrected chi connectivity index (χ0v) is 8.28. The van der Waals surface area contributed by atoms with E-state index in [0.29, 0.717) is 5.56 Å². The molecule has 1 heterocycles. The smallest absolute Gasteiger partial charge is 0.253 e. The maximum atomic E-state index is 12.3. The van der Waals surface area contributed by atoms with Crippen LogP contribution in [0.15, 0.2) is 6.20 Å². The maximum absolute atomic E-state index is 12.3. The molecule has 6 heteroatoms. The quantitative estimate of drug-likeness (QED) is 0.740. The molecule has 0 N–H and O–H groups in total. The fourth-order valence-corrected chi connectivity index (χ4v) is 1.41. The summed E-state index contributed by atoms with van der Waals surface area (Å²) in [4.78, 5) is 3.44. The van der Waals surface area contributed by atoms with Gasteiger partial charge in [-0.25, -0.2) is 8.78 Å². The third-order valence-corrected chi connectivity index (χ3v) is 2.26. The average molecular weight is 237 g/mol. The first-order valence-corrected chi connectivity index (χ1v) is 4.44. The first-order valence-electron chi connectivity index (χ1n) is 3.53. The van der Waals surface area contributed by atoms with Gasteiger partial charge in [0.1, 0.15) is 11.8 Å². The molecule has 74 valence electrons. The first kappa shape index (κ1) is 11.2. The Labute approximate surface area is 89.1 Å². The molecule has 1 aromatic heterocycles. The maximum Gasteiger partial charge on any atom is 0.281 e. The fourth-order valence-electron chi connectivity index (χ4n) is 0.912. The summed E-state index contributed by atoms with van der Waals surface area (Å²) in [5, 5.41) is 8.35. The van der Waals surface area contributed by atoms with Gasteiger partial charge in [0, 0.05) is 11.8 Å². The van der Waals surface area contributed by atoms with Gasteiger partial charge >= 0.3 is 0 Å². The zero-order valence-electron chi connectivity index (χ0n) is 6.77. The zero-order chi connectivity index (χ0) is 10.7. The number of rotatable bonds is 2. The van der Waals surface area contributed by atoms with Gasteiger partial charge in [-0.1, -0.05) is 11.6 Å². The fraction of sp³-hybridized carbons (Fsp3) is 0.250. The topological polar surface area (TPSA) is 36.7 Å². The van der Waals surface area contributed by atoms with Gasteiger partial charge in [0.15, 0.2) is 0 Å². The van der Waals surface area contributed by atoms with Crippen molar-refractivity contribution in [2.45, 2.75) is 12.3 Å². The molecule has 0 radical (unpaired) electrons. The molecule has 1 aromatic rings. The highest BCUT2D eigenvalue weighted by atomic mass is 35.5.